The minimum atomic E-state index is -0.0881. The van der Waals surface area contributed by atoms with Crippen molar-refractivity contribution in [3.63, 3.8) is 0 Å². The van der Waals surface area contributed by atoms with Crippen molar-refractivity contribution in [2.45, 2.75) is 66.0 Å². The summed E-state index contributed by atoms with van der Waals surface area (Å²) < 4.78 is 0. The van der Waals surface area contributed by atoms with E-state index in [1.54, 1.807) is 0 Å². The van der Waals surface area contributed by atoms with Gasteiger partial charge >= 0.3 is 0 Å². The standard InChI is InChI=1S/C15H31NO/c1-11(2)16(6)10-12-9-13(15(3,4)5)7-8-14(12)17/h11-14,17H,7-10H2,1-6H3. The van der Waals surface area contributed by atoms with Crippen LogP contribution >= 0.6 is 0 Å². The number of hydrogen-bond donors (Lipinski definition) is 1. The first kappa shape index (κ1) is 15.0. The Kier molecular flexibility index (Phi) is 5.03. The average Bonchev–Trinajstić information content (AvgIpc) is 2.19. The van der Waals surface area contributed by atoms with Crippen LogP contribution in [0.25, 0.3) is 0 Å². The molecule has 1 rings (SSSR count). The van der Waals surface area contributed by atoms with Gasteiger partial charge in [0.15, 0.2) is 0 Å². The quantitative estimate of drug-likeness (QED) is 0.820. The molecule has 3 atom stereocenters. The summed E-state index contributed by atoms with van der Waals surface area (Å²) in [7, 11) is 2.16. The van der Waals surface area contributed by atoms with Gasteiger partial charge in [0.25, 0.3) is 0 Å². The molecular formula is C15H31NO. The molecule has 1 aliphatic carbocycles. The highest BCUT2D eigenvalue weighted by Gasteiger charge is 2.35. The molecule has 3 unspecified atom stereocenters. The molecule has 0 bridgehead atoms. The lowest BCUT2D eigenvalue weighted by molar-refractivity contribution is 0.00314. The number of aliphatic hydroxyl groups excluding tert-OH is 1. The summed E-state index contributed by atoms with van der Waals surface area (Å²) in [6.45, 7) is 12.5. The molecule has 1 fully saturated rings. The molecule has 0 radical (unpaired) electrons. The van der Waals surface area contributed by atoms with Gasteiger partial charge in [-0.05, 0) is 57.4 Å². The third-order valence-electron chi connectivity index (χ3n) is 4.57. The Morgan fingerprint density at radius 1 is 1.24 bits per heavy atom. The monoisotopic (exact) mass is 241 g/mol. The summed E-state index contributed by atoms with van der Waals surface area (Å²) in [6.07, 6.45) is 3.27. The van der Waals surface area contributed by atoms with Crippen molar-refractivity contribution in [1.29, 1.82) is 0 Å². The van der Waals surface area contributed by atoms with Gasteiger partial charge in [-0.25, -0.2) is 0 Å². The summed E-state index contributed by atoms with van der Waals surface area (Å²) in [6, 6.07) is 0.567. The Balaban J connectivity index is 2.58. The Morgan fingerprint density at radius 2 is 1.82 bits per heavy atom. The van der Waals surface area contributed by atoms with Crippen LogP contribution in [0.4, 0.5) is 0 Å². The van der Waals surface area contributed by atoms with Gasteiger partial charge in [-0.1, -0.05) is 20.8 Å². The normalized spacial score (nSPS) is 31.2. The first-order valence-corrected chi connectivity index (χ1v) is 7.10. The number of rotatable bonds is 3. The van der Waals surface area contributed by atoms with E-state index in [1.165, 1.54) is 12.8 Å². The topological polar surface area (TPSA) is 23.5 Å². The molecule has 0 amide bonds. The third kappa shape index (κ3) is 4.26. The lowest BCUT2D eigenvalue weighted by Gasteiger charge is -2.41. The fraction of sp³-hybridized carbons (Fsp3) is 1.00. The lowest BCUT2D eigenvalue weighted by atomic mass is 9.68. The predicted octanol–water partition coefficient (Wildman–Crippen LogP) is 3.15. The van der Waals surface area contributed by atoms with Crippen LogP contribution in [0.5, 0.6) is 0 Å². The highest BCUT2D eigenvalue weighted by atomic mass is 16.3. The van der Waals surface area contributed by atoms with Crippen molar-refractivity contribution < 1.29 is 5.11 Å². The van der Waals surface area contributed by atoms with E-state index in [4.69, 9.17) is 0 Å². The van der Waals surface area contributed by atoms with Gasteiger partial charge < -0.3 is 10.0 Å². The second-order valence-electron chi connectivity index (χ2n) is 7.24. The molecule has 0 spiro atoms. The Hall–Kier alpha value is -0.0800. The van der Waals surface area contributed by atoms with Gasteiger partial charge in [0.1, 0.15) is 0 Å². The Labute approximate surface area is 107 Å². The molecule has 0 aliphatic heterocycles. The smallest absolute Gasteiger partial charge is 0.0580 e. The third-order valence-corrected chi connectivity index (χ3v) is 4.57. The number of aliphatic hydroxyl groups is 1. The van der Waals surface area contributed by atoms with Gasteiger partial charge in [-0.2, -0.15) is 0 Å². The van der Waals surface area contributed by atoms with E-state index in [0.29, 0.717) is 17.4 Å². The van der Waals surface area contributed by atoms with Crippen molar-refractivity contribution in [3.05, 3.63) is 0 Å². The maximum absolute atomic E-state index is 10.2. The van der Waals surface area contributed by atoms with E-state index < -0.39 is 0 Å². The molecular weight excluding hydrogens is 210 g/mol. The van der Waals surface area contributed by atoms with Gasteiger partial charge in [0.2, 0.25) is 0 Å². The van der Waals surface area contributed by atoms with Crippen molar-refractivity contribution in [1.82, 2.24) is 4.90 Å². The molecule has 0 aromatic heterocycles. The summed E-state index contributed by atoms with van der Waals surface area (Å²) in [5, 5.41) is 10.2. The molecule has 1 saturated carbocycles. The zero-order chi connectivity index (χ0) is 13.2. The first-order chi connectivity index (χ1) is 7.71. The highest BCUT2D eigenvalue weighted by Crippen LogP contribution is 2.40. The zero-order valence-corrected chi connectivity index (χ0v) is 12.5. The summed E-state index contributed by atoms with van der Waals surface area (Å²) >= 11 is 0. The molecule has 17 heavy (non-hydrogen) atoms. The minimum Gasteiger partial charge on any atom is -0.393 e. The lowest BCUT2D eigenvalue weighted by Crippen LogP contribution is -2.42. The molecule has 0 heterocycles. The fourth-order valence-electron chi connectivity index (χ4n) is 2.81. The van der Waals surface area contributed by atoms with Gasteiger partial charge in [0, 0.05) is 12.6 Å². The number of hydrogen-bond acceptors (Lipinski definition) is 2. The molecule has 102 valence electrons. The molecule has 0 aromatic rings. The summed E-state index contributed by atoms with van der Waals surface area (Å²) in [4.78, 5) is 2.36. The Morgan fingerprint density at radius 3 is 2.29 bits per heavy atom. The minimum absolute atomic E-state index is 0.0881. The zero-order valence-electron chi connectivity index (χ0n) is 12.5. The summed E-state index contributed by atoms with van der Waals surface area (Å²) in [5.74, 6) is 1.22. The van der Waals surface area contributed by atoms with Crippen molar-refractivity contribution in [2.75, 3.05) is 13.6 Å². The summed E-state index contributed by atoms with van der Waals surface area (Å²) in [5.41, 5.74) is 0.384. The molecule has 0 saturated heterocycles. The first-order valence-electron chi connectivity index (χ1n) is 7.10. The Bertz CT molecular complexity index is 232. The van der Waals surface area contributed by atoms with Crippen LogP contribution in [-0.2, 0) is 0 Å². The van der Waals surface area contributed by atoms with E-state index in [9.17, 15) is 5.11 Å². The second-order valence-corrected chi connectivity index (χ2v) is 7.24. The maximum atomic E-state index is 10.2. The predicted molar refractivity (Wildman–Crippen MR) is 74.1 cm³/mol. The van der Waals surface area contributed by atoms with Crippen LogP contribution in [0.15, 0.2) is 0 Å². The van der Waals surface area contributed by atoms with Crippen molar-refractivity contribution >= 4 is 0 Å². The molecule has 2 nitrogen and oxygen atoms in total. The average molecular weight is 241 g/mol. The van der Waals surface area contributed by atoms with Crippen LogP contribution in [0, 0.1) is 17.3 Å². The van der Waals surface area contributed by atoms with Crippen LogP contribution in [0.2, 0.25) is 0 Å². The SMILES string of the molecule is CC(C)N(C)CC1CC(C(C)(C)C)CCC1O. The van der Waals surface area contributed by atoms with E-state index in [-0.39, 0.29) is 6.10 Å². The van der Waals surface area contributed by atoms with E-state index in [1.807, 2.05) is 0 Å². The van der Waals surface area contributed by atoms with E-state index in [0.717, 1.165) is 18.9 Å². The molecule has 1 N–H and O–H groups in total. The number of nitrogens with zero attached hydrogens (tertiary/aromatic N) is 1. The van der Waals surface area contributed by atoms with E-state index in [2.05, 4.69) is 46.6 Å². The van der Waals surface area contributed by atoms with Crippen LogP contribution in [0.1, 0.15) is 53.9 Å². The van der Waals surface area contributed by atoms with Crippen LogP contribution in [-0.4, -0.2) is 35.7 Å². The highest BCUT2D eigenvalue weighted by molar-refractivity contribution is 4.86. The van der Waals surface area contributed by atoms with Gasteiger partial charge in [-0.3, -0.25) is 0 Å². The maximum Gasteiger partial charge on any atom is 0.0580 e. The fourth-order valence-corrected chi connectivity index (χ4v) is 2.81. The van der Waals surface area contributed by atoms with Crippen molar-refractivity contribution in [3.8, 4) is 0 Å². The molecule has 1 aliphatic rings. The second kappa shape index (κ2) is 5.71. The van der Waals surface area contributed by atoms with Gasteiger partial charge in [0.05, 0.1) is 6.10 Å². The van der Waals surface area contributed by atoms with Gasteiger partial charge in [-0.15, -0.1) is 0 Å². The molecule has 0 aromatic carbocycles. The molecule has 2 heteroatoms. The van der Waals surface area contributed by atoms with Crippen LogP contribution < -0.4 is 0 Å². The largest absolute Gasteiger partial charge is 0.393 e. The van der Waals surface area contributed by atoms with Crippen LogP contribution in [0.3, 0.4) is 0 Å². The van der Waals surface area contributed by atoms with Crippen molar-refractivity contribution in [2.24, 2.45) is 17.3 Å². The van der Waals surface area contributed by atoms with E-state index >= 15 is 0 Å².